The first kappa shape index (κ1) is 16.0. The first-order chi connectivity index (χ1) is 12.3. The highest BCUT2D eigenvalue weighted by Gasteiger charge is 2.23. The molecule has 132 valence electrons. The molecular formula is C18H23N5O2. The number of para-hydroxylation sites is 2. The van der Waals surface area contributed by atoms with E-state index in [0.29, 0.717) is 12.4 Å². The van der Waals surface area contributed by atoms with Gasteiger partial charge in [0, 0.05) is 45.3 Å². The molecule has 0 spiro atoms. The number of nitrogens with zero attached hydrogens (tertiary/aromatic N) is 4. The fourth-order valence-corrected chi connectivity index (χ4v) is 3.22. The second-order valence-corrected chi connectivity index (χ2v) is 6.40. The van der Waals surface area contributed by atoms with Crippen molar-refractivity contribution in [1.82, 2.24) is 14.9 Å². The van der Waals surface area contributed by atoms with E-state index < -0.39 is 0 Å². The molecule has 1 aromatic carbocycles. The van der Waals surface area contributed by atoms with Gasteiger partial charge >= 0.3 is 0 Å². The predicted octanol–water partition coefficient (Wildman–Crippen LogP) is 1.41. The molecular weight excluding hydrogens is 318 g/mol. The summed E-state index contributed by atoms with van der Waals surface area (Å²) in [4.78, 5) is 13.2. The van der Waals surface area contributed by atoms with Crippen molar-refractivity contribution in [1.29, 1.82) is 0 Å². The summed E-state index contributed by atoms with van der Waals surface area (Å²) >= 11 is 0. The summed E-state index contributed by atoms with van der Waals surface area (Å²) < 4.78 is 11.8. The van der Waals surface area contributed by atoms with Gasteiger partial charge in [-0.25, -0.2) is 4.98 Å². The number of piperazine rings is 1. The number of benzene rings is 1. The third-order valence-electron chi connectivity index (χ3n) is 4.65. The molecule has 7 heteroatoms. The number of nitrogen functional groups attached to an aromatic ring is 1. The van der Waals surface area contributed by atoms with E-state index in [2.05, 4.69) is 19.8 Å². The number of nitrogens with two attached hydrogens (primary N) is 1. The number of ether oxygens (including phenoxy) is 2. The molecule has 2 aromatic rings. The highest BCUT2D eigenvalue weighted by Crippen LogP contribution is 2.31. The highest BCUT2D eigenvalue weighted by molar-refractivity contribution is 5.40. The molecule has 3 heterocycles. The average Bonchev–Trinajstić information content (AvgIpc) is 2.66. The van der Waals surface area contributed by atoms with Crippen molar-refractivity contribution in [2.45, 2.75) is 12.5 Å². The molecule has 2 aliphatic rings. The van der Waals surface area contributed by atoms with E-state index in [-0.39, 0.29) is 6.10 Å². The number of aromatic nitrogens is 2. The first-order valence-electron chi connectivity index (χ1n) is 8.72. The fourth-order valence-electron chi connectivity index (χ4n) is 3.22. The molecule has 1 aromatic heterocycles. The SMILES string of the molecule is Nc1ccnc(N2CCN(CCC3COc4ccccc4O3)CC2)n1. The summed E-state index contributed by atoms with van der Waals surface area (Å²) in [5.41, 5.74) is 5.74. The van der Waals surface area contributed by atoms with E-state index in [9.17, 15) is 0 Å². The van der Waals surface area contributed by atoms with Crippen LogP contribution in [0.2, 0.25) is 0 Å². The smallest absolute Gasteiger partial charge is 0.227 e. The third-order valence-corrected chi connectivity index (χ3v) is 4.65. The van der Waals surface area contributed by atoms with Crippen LogP contribution in [0.4, 0.5) is 11.8 Å². The minimum absolute atomic E-state index is 0.116. The summed E-state index contributed by atoms with van der Waals surface area (Å²) in [6.07, 6.45) is 2.79. The predicted molar refractivity (Wildman–Crippen MR) is 96.1 cm³/mol. The molecule has 25 heavy (non-hydrogen) atoms. The Balaban J connectivity index is 1.24. The van der Waals surface area contributed by atoms with Crippen molar-refractivity contribution in [3.63, 3.8) is 0 Å². The lowest BCUT2D eigenvalue weighted by Crippen LogP contribution is -2.48. The standard InChI is InChI=1S/C18H23N5O2/c19-17-5-7-20-18(21-17)23-11-9-22(10-12-23)8-6-14-13-24-15-3-1-2-4-16(15)25-14/h1-5,7,14H,6,8-13H2,(H2,19,20,21). The van der Waals surface area contributed by atoms with Gasteiger partial charge in [-0.2, -0.15) is 4.98 Å². The van der Waals surface area contributed by atoms with Crippen LogP contribution in [0.5, 0.6) is 11.5 Å². The molecule has 0 saturated carbocycles. The number of fused-ring (bicyclic) bond motifs is 1. The van der Waals surface area contributed by atoms with Gasteiger partial charge in [-0.05, 0) is 18.2 Å². The van der Waals surface area contributed by atoms with Crippen LogP contribution in [0.25, 0.3) is 0 Å². The van der Waals surface area contributed by atoms with E-state index in [1.165, 1.54) is 0 Å². The van der Waals surface area contributed by atoms with E-state index in [1.54, 1.807) is 12.3 Å². The van der Waals surface area contributed by atoms with Gasteiger partial charge in [-0.15, -0.1) is 0 Å². The zero-order valence-electron chi connectivity index (χ0n) is 14.2. The van der Waals surface area contributed by atoms with Crippen LogP contribution in [0, 0.1) is 0 Å². The number of hydrogen-bond donors (Lipinski definition) is 1. The van der Waals surface area contributed by atoms with Crippen LogP contribution in [0.3, 0.4) is 0 Å². The van der Waals surface area contributed by atoms with E-state index >= 15 is 0 Å². The summed E-state index contributed by atoms with van der Waals surface area (Å²) in [6, 6.07) is 9.56. The number of anilines is 2. The maximum absolute atomic E-state index is 6.03. The van der Waals surface area contributed by atoms with Gasteiger partial charge in [0.1, 0.15) is 18.5 Å². The van der Waals surface area contributed by atoms with E-state index in [4.69, 9.17) is 15.2 Å². The van der Waals surface area contributed by atoms with Crippen molar-refractivity contribution in [2.24, 2.45) is 0 Å². The summed E-state index contributed by atoms with van der Waals surface area (Å²) in [7, 11) is 0. The quantitative estimate of drug-likeness (QED) is 0.901. The summed E-state index contributed by atoms with van der Waals surface area (Å²) in [5.74, 6) is 2.93. The maximum Gasteiger partial charge on any atom is 0.227 e. The lowest BCUT2D eigenvalue weighted by Gasteiger charge is -2.35. The second-order valence-electron chi connectivity index (χ2n) is 6.40. The molecule has 0 amide bonds. The molecule has 0 radical (unpaired) electrons. The minimum Gasteiger partial charge on any atom is -0.486 e. The van der Waals surface area contributed by atoms with Crippen molar-refractivity contribution in [2.75, 3.05) is 50.0 Å². The van der Waals surface area contributed by atoms with Crippen LogP contribution < -0.4 is 20.1 Å². The lowest BCUT2D eigenvalue weighted by molar-refractivity contribution is 0.0743. The Morgan fingerprint density at radius 2 is 1.88 bits per heavy atom. The van der Waals surface area contributed by atoms with E-state index in [0.717, 1.165) is 56.6 Å². The molecule has 1 atom stereocenters. The van der Waals surface area contributed by atoms with Crippen LogP contribution in [-0.4, -0.2) is 60.3 Å². The largest absolute Gasteiger partial charge is 0.486 e. The van der Waals surface area contributed by atoms with Gasteiger partial charge in [-0.3, -0.25) is 4.90 Å². The third kappa shape index (κ3) is 3.76. The highest BCUT2D eigenvalue weighted by atomic mass is 16.6. The number of rotatable bonds is 4. The maximum atomic E-state index is 6.03. The minimum atomic E-state index is 0.116. The van der Waals surface area contributed by atoms with Gasteiger partial charge in [-0.1, -0.05) is 12.1 Å². The molecule has 2 aliphatic heterocycles. The molecule has 0 bridgehead atoms. The molecule has 1 saturated heterocycles. The van der Waals surface area contributed by atoms with Crippen molar-refractivity contribution >= 4 is 11.8 Å². The molecule has 1 unspecified atom stereocenters. The Labute approximate surface area is 147 Å². The zero-order valence-corrected chi connectivity index (χ0v) is 14.2. The summed E-state index contributed by atoms with van der Waals surface area (Å²) in [6.45, 7) is 5.42. The van der Waals surface area contributed by atoms with Crippen LogP contribution >= 0.6 is 0 Å². The topological polar surface area (TPSA) is 76.7 Å². The Morgan fingerprint density at radius 3 is 2.68 bits per heavy atom. The molecule has 7 nitrogen and oxygen atoms in total. The normalized spacial score (nSPS) is 20.5. The zero-order chi connectivity index (χ0) is 17.1. The average molecular weight is 341 g/mol. The van der Waals surface area contributed by atoms with E-state index in [1.807, 2.05) is 24.3 Å². The lowest BCUT2D eigenvalue weighted by atomic mass is 10.2. The van der Waals surface area contributed by atoms with Gasteiger partial charge in [0.25, 0.3) is 0 Å². The van der Waals surface area contributed by atoms with Crippen molar-refractivity contribution in [3.8, 4) is 11.5 Å². The molecule has 0 aliphatic carbocycles. The van der Waals surface area contributed by atoms with Crippen molar-refractivity contribution < 1.29 is 9.47 Å². The fraction of sp³-hybridized carbons (Fsp3) is 0.444. The molecule has 4 rings (SSSR count). The number of hydrogen-bond acceptors (Lipinski definition) is 7. The van der Waals surface area contributed by atoms with Crippen molar-refractivity contribution in [3.05, 3.63) is 36.5 Å². The Bertz CT molecular complexity index is 718. The molecule has 2 N–H and O–H groups in total. The Hall–Kier alpha value is -2.54. The van der Waals surface area contributed by atoms with Crippen LogP contribution in [0.1, 0.15) is 6.42 Å². The van der Waals surface area contributed by atoms with Crippen LogP contribution in [-0.2, 0) is 0 Å². The van der Waals surface area contributed by atoms with Gasteiger partial charge in [0.15, 0.2) is 11.5 Å². The summed E-state index contributed by atoms with van der Waals surface area (Å²) in [5, 5.41) is 0. The Kier molecular flexibility index (Phi) is 4.56. The van der Waals surface area contributed by atoms with Gasteiger partial charge < -0.3 is 20.1 Å². The van der Waals surface area contributed by atoms with Gasteiger partial charge in [0.05, 0.1) is 0 Å². The van der Waals surface area contributed by atoms with Gasteiger partial charge in [0.2, 0.25) is 5.95 Å². The monoisotopic (exact) mass is 341 g/mol. The first-order valence-corrected chi connectivity index (χ1v) is 8.72. The van der Waals surface area contributed by atoms with Crippen LogP contribution in [0.15, 0.2) is 36.5 Å². The Morgan fingerprint density at radius 1 is 1.08 bits per heavy atom. The molecule has 1 fully saturated rings. The second kappa shape index (κ2) is 7.14.